The molecule has 1 aliphatic rings. The number of methoxy groups -OCH3 is 1. The van der Waals surface area contributed by atoms with Gasteiger partial charge in [0.1, 0.15) is 5.75 Å². The third-order valence-corrected chi connectivity index (χ3v) is 2.84. The normalized spacial score (nSPS) is 13.6. The lowest BCUT2D eigenvalue weighted by Gasteiger charge is -2.16. The number of carbonyl (C=O) groups is 2. The molecule has 0 atom stereocenters. The maximum absolute atomic E-state index is 12.2. The summed E-state index contributed by atoms with van der Waals surface area (Å²) in [6.07, 6.45) is 2.77. The third-order valence-electron chi connectivity index (χ3n) is 2.84. The zero-order valence-electron chi connectivity index (χ0n) is 10.0. The number of anilines is 1. The van der Waals surface area contributed by atoms with Gasteiger partial charge in [-0.05, 0) is 12.1 Å². The fraction of sp³-hybridized carbons (Fsp3) is 0.0769. The van der Waals surface area contributed by atoms with Crippen molar-refractivity contribution in [3.63, 3.8) is 0 Å². The Morgan fingerprint density at radius 1 is 1.00 bits per heavy atom. The molecule has 0 spiro atoms. The molecule has 0 saturated heterocycles. The highest BCUT2D eigenvalue weighted by Crippen LogP contribution is 2.32. The molecule has 19 heavy (non-hydrogen) atoms. The Kier molecular flexibility index (Phi) is 2.49. The maximum Gasteiger partial charge on any atom is 0.286 e. The molecule has 1 aromatic carbocycles. The van der Waals surface area contributed by atoms with Crippen molar-refractivity contribution in [1.29, 1.82) is 0 Å². The number of aromatic nitrogens is 2. The predicted molar refractivity (Wildman–Crippen MR) is 66.2 cm³/mol. The fourth-order valence-corrected chi connectivity index (χ4v) is 1.99. The molecule has 2 amide bonds. The molecule has 1 aromatic heterocycles. The van der Waals surface area contributed by atoms with Gasteiger partial charge in [-0.15, -0.1) is 0 Å². The van der Waals surface area contributed by atoms with E-state index in [0.717, 1.165) is 4.90 Å². The van der Waals surface area contributed by atoms with E-state index in [2.05, 4.69) is 9.97 Å². The van der Waals surface area contributed by atoms with Crippen molar-refractivity contribution in [2.75, 3.05) is 12.0 Å². The predicted octanol–water partition coefficient (Wildman–Crippen LogP) is 1.29. The van der Waals surface area contributed by atoms with Gasteiger partial charge < -0.3 is 4.74 Å². The number of benzene rings is 1. The highest BCUT2D eigenvalue weighted by Gasteiger charge is 2.40. The standard InChI is InChI=1S/C13H9N3O3/c1-19-9-5-3-2-4-8(9)16-12(17)10-11(13(16)18)15-7-6-14-10/h2-7H,1H3. The van der Waals surface area contributed by atoms with Gasteiger partial charge >= 0.3 is 0 Å². The first-order valence-electron chi connectivity index (χ1n) is 5.57. The van der Waals surface area contributed by atoms with E-state index in [4.69, 9.17) is 4.74 Å². The van der Waals surface area contributed by atoms with Crippen LogP contribution in [0.25, 0.3) is 0 Å². The van der Waals surface area contributed by atoms with E-state index in [1.807, 2.05) is 0 Å². The van der Waals surface area contributed by atoms with Crippen LogP contribution in [-0.4, -0.2) is 28.9 Å². The largest absolute Gasteiger partial charge is 0.495 e. The summed E-state index contributed by atoms with van der Waals surface area (Å²) >= 11 is 0. The van der Waals surface area contributed by atoms with Gasteiger partial charge in [-0.1, -0.05) is 12.1 Å². The molecule has 0 unspecified atom stereocenters. The summed E-state index contributed by atoms with van der Waals surface area (Å²) in [5, 5.41) is 0. The van der Waals surface area contributed by atoms with Gasteiger partial charge in [0.05, 0.1) is 12.8 Å². The number of hydrogen-bond acceptors (Lipinski definition) is 5. The molecular weight excluding hydrogens is 246 g/mol. The number of imide groups is 1. The maximum atomic E-state index is 12.2. The molecule has 0 bridgehead atoms. The smallest absolute Gasteiger partial charge is 0.286 e. The van der Waals surface area contributed by atoms with Gasteiger partial charge in [-0.25, -0.2) is 14.9 Å². The summed E-state index contributed by atoms with van der Waals surface area (Å²) in [6.45, 7) is 0. The second-order valence-electron chi connectivity index (χ2n) is 3.87. The summed E-state index contributed by atoms with van der Waals surface area (Å²) in [5.74, 6) is -0.535. The number of para-hydroxylation sites is 2. The summed E-state index contributed by atoms with van der Waals surface area (Å²) in [4.78, 5) is 33.3. The van der Waals surface area contributed by atoms with E-state index in [-0.39, 0.29) is 11.4 Å². The number of carbonyl (C=O) groups excluding carboxylic acids is 2. The second kappa shape index (κ2) is 4.16. The van der Waals surface area contributed by atoms with Crippen LogP contribution in [0, 0.1) is 0 Å². The summed E-state index contributed by atoms with van der Waals surface area (Å²) in [6, 6.07) is 6.81. The van der Waals surface area contributed by atoms with E-state index in [0.29, 0.717) is 11.4 Å². The number of amides is 2. The van der Waals surface area contributed by atoms with Crippen LogP contribution in [0.15, 0.2) is 36.7 Å². The SMILES string of the molecule is COc1ccccc1N1C(=O)c2nccnc2C1=O. The molecule has 0 N–H and O–H groups in total. The zero-order valence-corrected chi connectivity index (χ0v) is 10.0. The summed E-state index contributed by atoms with van der Waals surface area (Å²) in [5.41, 5.74) is 0.525. The number of fused-ring (bicyclic) bond motifs is 1. The molecule has 94 valence electrons. The molecule has 6 heteroatoms. The van der Waals surface area contributed by atoms with Crippen LogP contribution in [0.4, 0.5) is 5.69 Å². The first-order chi connectivity index (χ1) is 9.24. The molecule has 0 fully saturated rings. The minimum absolute atomic E-state index is 0.0680. The Morgan fingerprint density at radius 3 is 2.16 bits per heavy atom. The van der Waals surface area contributed by atoms with E-state index in [1.165, 1.54) is 19.5 Å². The van der Waals surface area contributed by atoms with Crippen LogP contribution in [-0.2, 0) is 0 Å². The number of nitrogens with zero attached hydrogens (tertiary/aromatic N) is 3. The Bertz CT molecular complexity index is 649. The highest BCUT2D eigenvalue weighted by molar-refractivity contribution is 6.33. The lowest BCUT2D eigenvalue weighted by molar-refractivity contribution is 0.0922. The zero-order chi connectivity index (χ0) is 13.4. The van der Waals surface area contributed by atoms with Gasteiger partial charge in [0.2, 0.25) is 0 Å². The van der Waals surface area contributed by atoms with Gasteiger partial charge in [0.25, 0.3) is 11.8 Å². The molecule has 0 aliphatic carbocycles. The van der Waals surface area contributed by atoms with Crippen molar-refractivity contribution >= 4 is 17.5 Å². The molecule has 0 radical (unpaired) electrons. The van der Waals surface area contributed by atoms with Crippen molar-refractivity contribution in [1.82, 2.24) is 9.97 Å². The van der Waals surface area contributed by atoms with Crippen molar-refractivity contribution < 1.29 is 14.3 Å². The Labute approximate surface area is 108 Å². The molecule has 1 aliphatic heterocycles. The topological polar surface area (TPSA) is 72.4 Å². The Balaban J connectivity index is 2.14. The van der Waals surface area contributed by atoms with E-state index < -0.39 is 11.8 Å². The van der Waals surface area contributed by atoms with Gasteiger partial charge in [-0.2, -0.15) is 0 Å². The van der Waals surface area contributed by atoms with Gasteiger partial charge in [0, 0.05) is 12.4 Å². The van der Waals surface area contributed by atoms with Crippen molar-refractivity contribution in [2.24, 2.45) is 0 Å². The van der Waals surface area contributed by atoms with Crippen LogP contribution in [0.5, 0.6) is 5.75 Å². The molecule has 3 rings (SSSR count). The van der Waals surface area contributed by atoms with Crippen molar-refractivity contribution in [3.8, 4) is 5.75 Å². The average Bonchev–Trinajstić information content (AvgIpc) is 2.71. The molecule has 2 aromatic rings. The summed E-state index contributed by atoms with van der Waals surface area (Å²) < 4.78 is 5.17. The van der Waals surface area contributed by atoms with Crippen LogP contribution in [0.1, 0.15) is 21.0 Å². The number of ether oxygens (including phenoxy) is 1. The first kappa shape index (κ1) is 11.3. The lowest BCUT2D eigenvalue weighted by atomic mass is 10.2. The van der Waals surface area contributed by atoms with Gasteiger partial charge in [-0.3, -0.25) is 9.59 Å². The third kappa shape index (κ3) is 1.57. The van der Waals surface area contributed by atoms with Crippen LogP contribution in [0.2, 0.25) is 0 Å². The number of rotatable bonds is 2. The molecule has 2 heterocycles. The fourth-order valence-electron chi connectivity index (χ4n) is 1.99. The molecular formula is C13H9N3O3. The molecule has 6 nitrogen and oxygen atoms in total. The van der Waals surface area contributed by atoms with Gasteiger partial charge in [0.15, 0.2) is 11.4 Å². The van der Waals surface area contributed by atoms with Crippen molar-refractivity contribution in [3.05, 3.63) is 48.0 Å². The van der Waals surface area contributed by atoms with Crippen LogP contribution in [0.3, 0.4) is 0 Å². The minimum Gasteiger partial charge on any atom is -0.495 e. The Morgan fingerprint density at radius 2 is 1.58 bits per heavy atom. The number of hydrogen-bond donors (Lipinski definition) is 0. The van der Waals surface area contributed by atoms with Crippen LogP contribution < -0.4 is 9.64 Å². The quantitative estimate of drug-likeness (QED) is 0.756. The van der Waals surface area contributed by atoms with Crippen molar-refractivity contribution in [2.45, 2.75) is 0 Å². The summed E-state index contributed by atoms with van der Waals surface area (Å²) in [7, 11) is 1.48. The van der Waals surface area contributed by atoms with E-state index >= 15 is 0 Å². The van der Waals surface area contributed by atoms with E-state index in [9.17, 15) is 9.59 Å². The minimum atomic E-state index is -0.488. The first-order valence-corrected chi connectivity index (χ1v) is 5.57. The monoisotopic (exact) mass is 255 g/mol. The second-order valence-corrected chi connectivity index (χ2v) is 3.87. The van der Waals surface area contributed by atoms with E-state index in [1.54, 1.807) is 24.3 Å². The van der Waals surface area contributed by atoms with Crippen LogP contribution >= 0.6 is 0 Å². The average molecular weight is 255 g/mol. The highest BCUT2D eigenvalue weighted by atomic mass is 16.5. The molecule has 0 saturated carbocycles. The lowest BCUT2D eigenvalue weighted by Crippen LogP contribution is -2.30. The Hall–Kier alpha value is -2.76.